The molecule has 4 atom stereocenters. The first-order valence-electron chi connectivity index (χ1n) is 17.6. The van der Waals surface area contributed by atoms with Crippen LogP contribution in [0.1, 0.15) is 61.6 Å². The number of hydrogen-bond acceptors (Lipinski definition) is 4. The van der Waals surface area contributed by atoms with Gasteiger partial charge >= 0.3 is 0 Å². The number of nitrogens with zero attached hydrogens (tertiary/aromatic N) is 2. The number of anilines is 2. The molecule has 2 aliphatic heterocycles. The molecule has 1 N–H and O–H groups in total. The third-order valence-electron chi connectivity index (χ3n) is 10.7. The highest BCUT2D eigenvalue weighted by atomic mass is 32.1. The Morgan fingerprint density at radius 1 is 0.780 bits per heavy atom. The molecule has 0 spiro atoms. The molecule has 240 valence electrons. The smallest absolute Gasteiger partial charge is 0.145 e. The van der Waals surface area contributed by atoms with E-state index in [1.807, 2.05) is 11.3 Å². The lowest BCUT2D eigenvalue weighted by atomic mass is 9.82. The highest BCUT2D eigenvalue weighted by molar-refractivity contribution is 7.14. The zero-order valence-electron chi connectivity index (χ0n) is 27.5. The van der Waals surface area contributed by atoms with Crippen LogP contribution in [0.3, 0.4) is 0 Å². The van der Waals surface area contributed by atoms with Crippen LogP contribution < -0.4 is 10.2 Å². The van der Waals surface area contributed by atoms with Gasteiger partial charge in [0.25, 0.3) is 0 Å². The number of allylic oxidation sites excluding steroid dienone is 4. The summed E-state index contributed by atoms with van der Waals surface area (Å²) < 4.78 is 0. The Hall–Kier alpha value is -5.67. The van der Waals surface area contributed by atoms with Crippen molar-refractivity contribution in [1.82, 2.24) is 5.32 Å². The molecular formula is C46H35N3S. The molecule has 0 amide bonds. The van der Waals surface area contributed by atoms with Crippen molar-refractivity contribution in [1.29, 1.82) is 0 Å². The quantitative estimate of drug-likeness (QED) is 0.186. The van der Waals surface area contributed by atoms with Crippen molar-refractivity contribution in [2.75, 3.05) is 4.90 Å². The van der Waals surface area contributed by atoms with Gasteiger partial charge in [0.05, 0.1) is 11.8 Å². The van der Waals surface area contributed by atoms with Gasteiger partial charge in [-0.3, -0.25) is 4.99 Å². The summed E-state index contributed by atoms with van der Waals surface area (Å²) in [6, 6.07) is 39.2. The molecule has 4 unspecified atom stereocenters. The number of rotatable bonds is 5. The van der Waals surface area contributed by atoms with E-state index in [9.17, 15) is 0 Å². The van der Waals surface area contributed by atoms with Crippen LogP contribution in [-0.4, -0.2) is 11.8 Å². The second kappa shape index (κ2) is 12.0. The molecule has 4 aromatic carbocycles. The van der Waals surface area contributed by atoms with Gasteiger partial charge in [0.15, 0.2) is 0 Å². The Bertz CT molecular complexity index is 2360. The van der Waals surface area contributed by atoms with Gasteiger partial charge in [-0.1, -0.05) is 115 Å². The molecule has 4 heteroatoms. The maximum Gasteiger partial charge on any atom is 0.145 e. The molecule has 10 rings (SSSR count). The molecule has 0 radical (unpaired) electrons. The van der Waals surface area contributed by atoms with E-state index in [1.54, 1.807) is 0 Å². The summed E-state index contributed by atoms with van der Waals surface area (Å²) in [4.78, 5) is 10.6. The van der Waals surface area contributed by atoms with Crippen molar-refractivity contribution in [3.05, 3.63) is 194 Å². The van der Waals surface area contributed by atoms with Crippen LogP contribution in [0.2, 0.25) is 0 Å². The Balaban J connectivity index is 0.983. The molecule has 5 aromatic rings. The molecule has 5 aliphatic rings. The molecule has 0 saturated carbocycles. The Labute approximate surface area is 297 Å². The van der Waals surface area contributed by atoms with E-state index in [1.165, 1.54) is 43.4 Å². The first kappa shape index (κ1) is 29.3. The highest BCUT2D eigenvalue weighted by Crippen LogP contribution is 2.49. The number of fused-ring (bicyclic) bond motifs is 6. The topological polar surface area (TPSA) is 27.6 Å². The van der Waals surface area contributed by atoms with Crippen molar-refractivity contribution in [2.45, 2.75) is 31.0 Å². The predicted octanol–water partition coefficient (Wildman–Crippen LogP) is 10.9. The fraction of sp³-hybridized carbons (Fsp3) is 0.130. The summed E-state index contributed by atoms with van der Waals surface area (Å²) in [5.41, 5.74) is 17.0. The van der Waals surface area contributed by atoms with Gasteiger partial charge < -0.3 is 10.2 Å². The molecule has 3 heterocycles. The van der Waals surface area contributed by atoms with E-state index in [4.69, 9.17) is 4.99 Å². The molecule has 0 saturated heterocycles. The second-order valence-corrected chi connectivity index (χ2v) is 14.7. The van der Waals surface area contributed by atoms with E-state index in [0.717, 1.165) is 40.9 Å². The van der Waals surface area contributed by atoms with E-state index < -0.39 is 0 Å². The number of benzene rings is 4. The zero-order valence-corrected chi connectivity index (χ0v) is 28.4. The minimum absolute atomic E-state index is 0.171. The Kier molecular flexibility index (Phi) is 7.04. The number of nitrogens with one attached hydrogen (secondary N) is 1. The second-order valence-electron chi connectivity index (χ2n) is 13.6. The number of para-hydroxylation sites is 1. The van der Waals surface area contributed by atoms with E-state index >= 15 is 0 Å². The van der Waals surface area contributed by atoms with Gasteiger partial charge in [0.1, 0.15) is 6.17 Å². The van der Waals surface area contributed by atoms with Gasteiger partial charge in [-0.15, -0.1) is 17.1 Å². The summed E-state index contributed by atoms with van der Waals surface area (Å²) in [6.07, 6.45) is 20.8. The van der Waals surface area contributed by atoms with Crippen LogP contribution in [0.25, 0.3) is 23.9 Å². The lowest BCUT2D eigenvalue weighted by Gasteiger charge is -2.31. The number of hydrogen-bond donors (Lipinski definition) is 1. The Morgan fingerprint density at radius 2 is 1.60 bits per heavy atom. The van der Waals surface area contributed by atoms with Gasteiger partial charge in [-0.05, 0) is 83.2 Å². The SMILES string of the molecule is C1=Cc2sc3c(c2C=1)CCC(C1=CC2c4ccccc4N(c4cccc(C5=NC(c6ccccc6)NC(c6ccccc6)=C5)c4)C2C=C1)C=C3. The largest absolute Gasteiger partial charge is 0.360 e. The van der Waals surface area contributed by atoms with Crippen LogP contribution in [0.4, 0.5) is 11.4 Å². The molecular weight excluding hydrogens is 627 g/mol. The third-order valence-corrected chi connectivity index (χ3v) is 11.9. The van der Waals surface area contributed by atoms with Crippen LogP contribution in [0.5, 0.6) is 0 Å². The summed E-state index contributed by atoms with van der Waals surface area (Å²) in [5.74, 6) is 0.701. The monoisotopic (exact) mass is 661 g/mol. The fourth-order valence-electron chi connectivity index (χ4n) is 8.26. The van der Waals surface area contributed by atoms with Crippen LogP contribution in [0, 0.1) is 5.92 Å². The van der Waals surface area contributed by atoms with Crippen LogP contribution in [-0.2, 0) is 6.42 Å². The summed E-state index contributed by atoms with van der Waals surface area (Å²) in [5, 5.41) is 3.69. The molecule has 0 bridgehead atoms. The van der Waals surface area contributed by atoms with Crippen molar-refractivity contribution >= 4 is 52.3 Å². The third kappa shape index (κ3) is 4.99. The molecule has 50 heavy (non-hydrogen) atoms. The molecule has 3 aliphatic carbocycles. The van der Waals surface area contributed by atoms with E-state index in [2.05, 4.69) is 174 Å². The van der Waals surface area contributed by atoms with Crippen LogP contribution >= 0.6 is 11.3 Å². The van der Waals surface area contributed by atoms with Gasteiger partial charge in [0.2, 0.25) is 0 Å². The lowest BCUT2D eigenvalue weighted by Crippen LogP contribution is -2.30. The predicted molar refractivity (Wildman–Crippen MR) is 210 cm³/mol. The van der Waals surface area contributed by atoms with Gasteiger partial charge in [-0.2, -0.15) is 0 Å². The summed E-state index contributed by atoms with van der Waals surface area (Å²) >= 11 is 1.90. The zero-order chi connectivity index (χ0) is 33.0. The highest BCUT2D eigenvalue weighted by Gasteiger charge is 2.39. The number of thiophene rings is 1. The lowest BCUT2D eigenvalue weighted by molar-refractivity contribution is 0.662. The van der Waals surface area contributed by atoms with Crippen molar-refractivity contribution in [3.8, 4) is 0 Å². The molecule has 0 fully saturated rings. The van der Waals surface area contributed by atoms with Gasteiger partial charge in [-0.25, -0.2) is 0 Å². The minimum atomic E-state index is -0.171. The van der Waals surface area contributed by atoms with E-state index in [-0.39, 0.29) is 12.2 Å². The van der Waals surface area contributed by atoms with Crippen molar-refractivity contribution < 1.29 is 0 Å². The fourth-order valence-corrected chi connectivity index (χ4v) is 9.39. The molecule has 1 aromatic heterocycles. The summed E-state index contributed by atoms with van der Waals surface area (Å²) in [6.45, 7) is 0. The van der Waals surface area contributed by atoms with Crippen LogP contribution in [0.15, 0.2) is 156 Å². The van der Waals surface area contributed by atoms with Crippen molar-refractivity contribution in [2.24, 2.45) is 10.9 Å². The van der Waals surface area contributed by atoms with E-state index in [0.29, 0.717) is 11.8 Å². The van der Waals surface area contributed by atoms with Gasteiger partial charge in [0, 0.05) is 49.8 Å². The Morgan fingerprint density at radius 3 is 2.50 bits per heavy atom. The average Bonchev–Trinajstić information content (AvgIpc) is 3.83. The standard InChI is InChI=1S/C46H35N3S/c1-3-11-31(12-4-1)40-29-41(48-46(47-40)32-13-5-2-6-14-32)34-15-9-16-35(27-34)49-42-19-8-7-17-36(42)39-28-33(22-25-43(39)49)30-21-24-38-37-18-10-20-44(37)50-45(38)26-23-30/h1-9,11-20,22-23,25-30,39,43,46-47H,21,24H2. The summed E-state index contributed by atoms with van der Waals surface area (Å²) in [7, 11) is 0. The first-order chi connectivity index (χ1) is 24.8. The first-order valence-corrected chi connectivity index (χ1v) is 18.4. The maximum atomic E-state index is 5.27. The number of aliphatic imine (C=N–C) groups is 1. The molecule has 3 nitrogen and oxygen atoms in total. The average molecular weight is 662 g/mol. The normalized spacial score (nSPS) is 22.5. The maximum absolute atomic E-state index is 5.27. The minimum Gasteiger partial charge on any atom is -0.360 e. The van der Waals surface area contributed by atoms with Crippen molar-refractivity contribution in [3.63, 3.8) is 0 Å².